The minimum atomic E-state index is 0. The lowest BCUT2D eigenvalue weighted by Crippen LogP contribution is -2.46. The Bertz CT molecular complexity index is 506. The van der Waals surface area contributed by atoms with E-state index in [2.05, 4.69) is 34.2 Å². The van der Waals surface area contributed by atoms with Crippen LogP contribution in [0.1, 0.15) is 50.8 Å². The molecule has 0 aromatic heterocycles. The average Bonchev–Trinajstić information content (AvgIpc) is 2.63. The number of anilines is 1. The summed E-state index contributed by atoms with van der Waals surface area (Å²) >= 11 is 0. The summed E-state index contributed by atoms with van der Waals surface area (Å²) in [5.41, 5.74) is 2.02. The second-order valence-electron chi connectivity index (χ2n) is 6.78. The van der Waals surface area contributed by atoms with Gasteiger partial charge in [0.1, 0.15) is 0 Å². The molecule has 23 heavy (non-hydrogen) atoms. The smallest absolute Gasteiger partial charge is 0.251 e. The number of amides is 1. The van der Waals surface area contributed by atoms with E-state index in [1.54, 1.807) is 0 Å². The van der Waals surface area contributed by atoms with Crippen molar-refractivity contribution in [3.05, 3.63) is 29.8 Å². The molecule has 1 aromatic carbocycles. The summed E-state index contributed by atoms with van der Waals surface area (Å²) < 4.78 is 0. The zero-order chi connectivity index (χ0) is 16.1. The van der Waals surface area contributed by atoms with E-state index in [1.165, 1.54) is 24.9 Å². The normalized spacial score (nSPS) is 20.5. The van der Waals surface area contributed by atoms with Crippen LogP contribution < -0.4 is 10.2 Å². The van der Waals surface area contributed by atoms with Crippen LogP contribution in [0.3, 0.4) is 0 Å². The zero-order valence-corrected chi connectivity index (χ0v) is 14.3. The zero-order valence-electron chi connectivity index (χ0n) is 14.3. The number of nitrogens with zero attached hydrogens (tertiary/aromatic N) is 2. The minimum Gasteiger partial charge on any atom is -0.369 e. The molecule has 0 radical (unpaired) electrons. The number of hydrogen-bond donors (Lipinski definition) is 1. The van der Waals surface area contributed by atoms with Crippen LogP contribution in [0.2, 0.25) is 0 Å². The van der Waals surface area contributed by atoms with E-state index in [1.807, 2.05) is 12.1 Å². The third kappa shape index (κ3) is 4.25. The number of hydrogen-bond acceptors (Lipinski definition) is 3. The van der Waals surface area contributed by atoms with Crippen molar-refractivity contribution in [1.82, 2.24) is 10.2 Å². The van der Waals surface area contributed by atoms with Crippen LogP contribution in [0.5, 0.6) is 0 Å². The first-order valence-electron chi connectivity index (χ1n) is 9.14. The molecule has 1 saturated carbocycles. The molecule has 1 aliphatic carbocycles. The number of rotatable bonds is 4. The molecule has 2 aliphatic rings. The molecular formula is C19H31N3O. The van der Waals surface area contributed by atoms with Gasteiger partial charge in [0.05, 0.1) is 0 Å². The van der Waals surface area contributed by atoms with Crippen molar-refractivity contribution in [2.75, 3.05) is 37.6 Å². The van der Waals surface area contributed by atoms with E-state index < -0.39 is 0 Å². The van der Waals surface area contributed by atoms with Crippen LogP contribution in [0.15, 0.2) is 24.3 Å². The molecule has 4 nitrogen and oxygen atoms in total. The molecule has 128 valence electrons. The van der Waals surface area contributed by atoms with Crippen molar-refractivity contribution < 1.29 is 6.22 Å². The molecule has 1 N–H and O–H groups in total. The largest absolute Gasteiger partial charge is 0.369 e. The van der Waals surface area contributed by atoms with Gasteiger partial charge in [0.15, 0.2) is 0 Å². The van der Waals surface area contributed by atoms with Gasteiger partial charge < -0.3 is 15.1 Å². The Labute approximate surface area is 141 Å². The fourth-order valence-corrected chi connectivity index (χ4v) is 3.66. The predicted molar refractivity (Wildman–Crippen MR) is 97.2 cm³/mol. The molecule has 3 rings (SSSR count). The van der Waals surface area contributed by atoms with Crippen LogP contribution >= 0.6 is 0 Å². The molecule has 0 bridgehead atoms. The fraction of sp³-hybridized carbons (Fsp3) is 0.632. The monoisotopic (exact) mass is 317 g/mol. The van der Waals surface area contributed by atoms with Gasteiger partial charge in [-0.1, -0.05) is 26.2 Å². The van der Waals surface area contributed by atoms with Gasteiger partial charge in [-0.05, 0) is 43.7 Å². The second-order valence-corrected chi connectivity index (χ2v) is 6.78. The highest BCUT2D eigenvalue weighted by Gasteiger charge is 2.18. The average molecular weight is 317 g/mol. The maximum atomic E-state index is 12.4. The number of benzene rings is 1. The maximum Gasteiger partial charge on any atom is 0.251 e. The summed E-state index contributed by atoms with van der Waals surface area (Å²) in [5, 5.41) is 3.19. The van der Waals surface area contributed by atoms with Gasteiger partial charge in [-0.25, -0.2) is 0 Å². The topological polar surface area (TPSA) is 35.6 Å². The summed E-state index contributed by atoms with van der Waals surface area (Å²) in [6.07, 6.45) is 6.06. The van der Waals surface area contributed by atoms with Gasteiger partial charge in [0.25, 0.3) is 5.91 Å². The van der Waals surface area contributed by atoms with Crippen molar-refractivity contribution in [2.45, 2.75) is 45.1 Å². The van der Waals surface area contributed by atoms with E-state index in [0.717, 1.165) is 51.1 Å². The lowest BCUT2D eigenvalue weighted by Gasteiger charge is -2.35. The number of carbonyl (C=O) groups is 1. The molecule has 1 aliphatic heterocycles. The Hall–Kier alpha value is -1.55. The molecule has 0 unspecified atom stereocenters. The van der Waals surface area contributed by atoms with Gasteiger partial charge in [0.2, 0.25) is 0 Å². The minimum absolute atomic E-state index is 0. The molecule has 1 amide bonds. The van der Waals surface area contributed by atoms with Crippen molar-refractivity contribution in [1.29, 1.82) is 0 Å². The van der Waals surface area contributed by atoms with Gasteiger partial charge in [-0.3, -0.25) is 4.79 Å². The van der Waals surface area contributed by atoms with Crippen LogP contribution in [0.25, 0.3) is 0 Å². The lowest BCUT2D eigenvalue weighted by molar-refractivity contribution is 0.0927. The summed E-state index contributed by atoms with van der Waals surface area (Å²) in [6.45, 7) is 7.74. The summed E-state index contributed by atoms with van der Waals surface area (Å²) in [6, 6.07) is 8.51. The Kier molecular flexibility index (Phi) is 5.55. The Morgan fingerprint density at radius 2 is 1.74 bits per heavy atom. The van der Waals surface area contributed by atoms with E-state index >= 15 is 0 Å². The van der Waals surface area contributed by atoms with Crippen LogP contribution in [-0.4, -0.2) is 49.6 Å². The Morgan fingerprint density at radius 1 is 1.09 bits per heavy atom. The van der Waals surface area contributed by atoms with Gasteiger partial charge in [-0.15, -0.1) is 0 Å². The van der Waals surface area contributed by atoms with Crippen LogP contribution in [0, 0.1) is 0 Å². The molecule has 1 heterocycles. The van der Waals surface area contributed by atoms with E-state index in [-0.39, 0.29) is 7.33 Å². The SMILES string of the molecule is CCN1CCN(c2ccc(C(=O)NC3CCCCC3)cc2)CC1.[HH]. The molecule has 2 fully saturated rings. The van der Waals surface area contributed by atoms with Gasteiger partial charge in [-0.2, -0.15) is 0 Å². The number of piperazine rings is 1. The third-order valence-electron chi connectivity index (χ3n) is 5.25. The maximum absolute atomic E-state index is 12.4. The highest BCUT2D eigenvalue weighted by atomic mass is 16.1. The Morgan fingerprint density at radius 3 is 2.35 bits per heavy atom. The second kappa shape index (κ2) is 7.82. The van der Waals surface area contributed by atoms with E-state index in [4.69, 9.17) is 0 Å². The standard InChI is InChI=1S/C19H29N3O.H2/c1-2-21-12-14-22(15-13-21)18-10-8-16(9-11-18)19(23)20-17-6-4-3-5-7-17;/h8-11,17H,2-7,12-15H2,1H3,(H,20,23);1H. The highest BCUT2D eigenvalue weighted by Crippen LogP contribution is 2.20. The van der Waals surface area contributed by atoms with Crippen LogP contribution in [0.4, 0.5) is 5.69 Å². The first kappa shape index (κ1) is 16.3. The predicted octanol–water partition coefficient (Wildman–Crippen LogP) is 3.14. The summed E-state index contributed by atoms with van der Waals surface area (Å²) in [4.78, 5) is 17.2. The first-order valence-corrected chi connectivity index (χ1v) is 9.14. The highest BCUT2D eigenvalue weighted by molar-refractivity contribution is 5.94. The molecule has 0 atom stereocenters. The third-order valence-corrected chi connectivity index (χ3v) is 5.25. The van der Waals surface area contributed by atoms with Crippen molar-refractivity contribution in [3.8, 4) is 0 Å². The number of likely N-dealkylation sites (N-methyl/N-ethyl adjacent to an activating group) is 1. The van der Waals surface area contributed by atoms with E-state index in [9.17, 15) is 4.79 Å². The first-order chi connectivity index (χ1) is 11.3. The van der Waals surface area contributed by atoms with E-state index in [0.29, 0.717) is 6.04 Å². The lowest BCUT2D eigenvalue weighted by atomic mass is 9.95. The molecule has 1 aromatic rings. The van der Waals surface area contributed by atoms with Crippen molar-refractivity contribution in [2.24, 2.45) is 0 Å². The Balaban J connectivity index is 0.00000208. The van der Waals surface area contributed by atoms with Crippen molar-refractivity contribution in [3.63, 3.8) is 0 Å². The quantitative estimate of drug-likeness (QED) is 0.927. The molecule has 0 spiro atoms. The molecule has 1 saturated heterocycles. The van der Waals surface area contributed by atoms with Gasteiger partial charge in [0, 0.05) is 44.9 Å². The van der Waals surface area contributed by atoms with Gasteiger partial charge >= 0.3 is 0 Å². The fourth-order valence-electron chi connectivity index (χ4n) is 3.66. The molecule has 4 heteroatoms. The van der Waals surface area contributed by atoms with Crippen LogP contribution in [-0.2, 0) is 0 Å². The molecular weight excluding hydrogens is 286 g/mol. The number of nitrogens with one attached hydrogen (secondary N) is 1. The summed E-state index contributed by atoms with van der Waals surface area (Å²) in [7, 11) is 0. The number of carbonyl (C=O) groups excluding carboxylic acids is 1. The van der Waals surface area contributed by atoms with Crippen molar-refractivity contribution >= 4 is 11.6 Å². The summed E-state index contributed by atoms with van der Waals surface area (Å²) in [5.74, 6) is 0.0826.